The van der Waals surface area contributed by atoms with Crippen molar-refractivity contribution in [3.63, 3.8) is 0 Å². The van der Waals surface area contributed by atoms with Gasteiger partial charge in [0.1, 0.15) is 6.61 Å². The standard InChI is InChI=1S/C6H15O5P.C4H10/c1-3-9-6(10-4-2)5-11-12(7)8;1-3-4-2/h6,12H,3-5H2,1-2H3,(H,7,8);3-4H2,1-2H3. The zero-order valence-corrected chi connectivity index (χ0v) is 11.7. The Balaban J connectivity index is 0. The van der Waals surface area contributed by atoms with Gasteiger partial charge in [-0.25, -0.2) is 0 Å². The normalized spacial score (nSPS) is 12.1. The highest BCUT2D eigenvalue weighted by Crippen LogP contribution is 2.15. The fourth-order valence-electron chi connectivity index (χ4n) is 0.655. The summed E-state index contributed by atoms with van der Waals surface area (Å²) in [7, 11) is -2.88. The van der Waals surface area contributed by atoms with Crippen molar-refractivity contribution in [3.8, 4) is 0 Å². The van der Waals surface area contributed by atoms with Gasteiger partial charge in [0.05, 0.1) is 0 Å². The molecule has 0 aliphatic carbocycles. The molecule has 0 aromatic carbocycles. The summed E-state index contributed by atoms with van der Waals surface area (Å²) in [6, 6.07) is 0. The predicted molar refractivity (Wildman–Crippen MR) is 64.8 cm³/mol. The van der Waals surface area contributed by atoms with Gasteiger partial charge in [-0.05, 0) is 13.8 Å². The molecule has 6 heteroatoms. The average molecular weight is 256 g/mol. The molecule has 100 valence electrons. The van der Waals surface area contributed by atoms with E-state index in [1.807, 2.05) is 13.8 Å². The Bertz CT molecular complexity index is 146. The number of unbranched alkanes of at least 4 members (excludes halogenated alkanes) is 1. The van der Waals surface area contributed by atoms with Crippen LogP contribution in [0, 0.1) is 0 Å². The van der Waals surface area contributed by atoms with Gasteiger partial charge in [-0.15, -0.1) is 0 Å². The van der Waals surface area contributed by atoms with Crippen molar-refractivity contribution >= 4 is 8.25 Å². The van der Waals surface area contributed by atoms with Gasteiger partial charge in [0, 0.05) is 13.2 Å². The van der Waals surface area contributed by atoms with E-state index >= 15 is 0 Å². The Kier molecular flexibility index (Phi) is 17.4. The number of hydrogen-bond acceptors (Lipinski definition) is 4. The second-order valence-corrected chi connectivity index (χ2v) is 3.74. The molecule has 1 unspecified atom stereocenters. The fraction of sp³-hybridized carbons (Fsp3) is 1.00. The van der Waals surface area contributed by atoms with E-state index < -0.39 is 14.5 Å². The van der Waals surface area contributed by atoms with Gasteiger partial charge in [0.2, 0.25) is 0 Å². The zero-order valence-electron chi connectivity index (χ0n) is 10.7. The predicted octanol–water partition coefficient (Wildman–Crippen LogP) is 2.59. The topological polar surface area (TPSA) is 65.0 Å². The minimum atomic E-state index is -2.88. The van der Waals surface area contributed by atoms with Gasteiger partial charge in [0.15, 0.2) is 6.29 Å². The van der Waals surface area contributed by atoms with E-state index in [2.05, 4.69) is 18.4 Å². The molecule has 1 atom stereocenters. The molecule has 0 spiro atoms. The summed E-state index contributed by atoms with van der Waals surface area (Å²) in [5, 5.41) is 0. The third-order valence-electron chi connectivity index (χ3n) is 1.55. The van der Waals surface area contributed by atoms with Crippen LogP contribution in [0.25, 0.3) is 0 Å². The second kappa shape index (κ2) is 15.1. The van der Waals surface area contributed by atoms with Crippen LogP contribution in [0.1, 0.15) is 40.5 Å². The second-order valence-electron chi connectivity index (χ2n) is 2.92. The van der Waals surface area contributed by atoms with E-state index in [0.29, 0.717) is 13.2 Å². The summed E-state index contributed by atoms with van der Waals surface area (Å²) in [5.74, 6) is 0. The van der Waals surface area contributed by atoms with Crippen LogP contribution in [0.4, 0.5) is 0 Å². The number of ether oxygens (including phenoxy) is 2. The molecule has 0 amide bonds. The Morgan fingerprint density at radius 1 is 1.06 bits per heavy atom. The molecule has 0 aliphatic heterocycles. The number of rotatable bonds is 8. The SMILES string of the molecule is CCCC.CCOC(CO[PH](=O)O)OCC. The molecule has 5 nitrogen and oxygen atoms in total. The summed E-state index contributed by atoms with van der Waals surface area (Å²) in [4.78, 5) is 8.35. The van der Waals surface area contributed by atoms with Crippen LogP contribution >= 0.6 is 8.25 Å². The van der Waals surface area contributed by atoms with Crippen molar-refractivity contribution in [2.24, 2.45) is 0 Å². The summed E-state index contributed by atoms with van der Waals surface area (Å²) in [5.41, 5.74) is 0. The van der Waals surface area contributed by atoms with Gasteiger partial charge in [-0.1, -0.05) is 26.7 Å². The van der Waals surface area contributed by atoms with Crippen LogP contribution in [-0.4, -0.2) is 31.0 Å². The van der Waals surface area contributed by atoms with E-state index in [9.17, 15) is 4.57 Å². The van der Waals surface area contributed by atoms with Crippen LogP contribution in [-0.2, 0) is 18.6 Å². The van der Waals surface area contributed by atoms with E-state index in [4.69, 9.17) is 14.4 Å². The lowest BCUT2D eigenvalue weighted by Crippen LogP contribution is -2.22. The summed E-state index contributed by atoms with van der Waals surface area (Å²) in [6.45, 7) is 8.96. The summed E-state index contributed by atoms with van der Waals surface area (Å²) < 4.78 is 24.7. The van der Waals surface area contributed by atoms with Crippen LogP contribution in [0.5, 0.6) is 0 Å². The molecule has 0 fully saturated rings. The molecule has 0 aromatic rings. The lowest BCUT2D eigenvalue weighted by molar-refractivity contribution is -0.152. The lowest BCUT2D eigenvalue weighted by atomic mass is 10.4. The summed E-state index contributed by atoms with van der Waals surface area (Å²) >= 11 is 0. The highest BCUT2D eigenvalue weighted by atomic mass is 31.1. The highest BCUT2D eigenvalue weighted by molar-refractivity contribution is 7.32. The Hall–Kier alpha value is 0.0700. The molecule has 0 rings (SSSR count). The van der Waals surface area contributed by atoms with Crippen LogP contribution in [0.3, 0.4) is 0 Å². The van der Waals surface area contributed by atoms with Crippen LogP contribution in [0.15, 0.2) is 0 Å². The van der Waals surface area contributed by atoms with Crippen LogP contribution in [0.2, 0.25) is 0 Å². The molecule has 0 saturated carbocycles. The van der Waals surface area contributed by atoms with Crippen molar-refractivity contribution in [2.75, 3.05) is 19.8 Å². The van der Waals surface area contributed by atoms with E-state index in [-0.39, 0.29) is 6.61 Å². The minimum Gasteiger partial charge on any atom is -0.351 e. The molecule has 1 N–H and O–H groups in total. The smallest absolute Gasteiger partial charge is 0.316 e. The third-order valence-corrected chi connectivity index (χ3v) is 1.96. The monoisotopic (exact) mass is 256 g/mol. The lowest BCUT2D eigenvalue weighted by Gasteiger charge is -2.15. The Labute approximate surface area is 99.0 Å². The minimum absolute atomic E-state index is 0.00399. The quantitative estimate of drug-likeness (QED) is 0.534. The maximum absolute atomic E-state index is 10.2. The Morgan fingerprint density at radius 3 is 1.75 bits per heavy atom. The van der Waals surface area contributed by atoms with Gasteiger partial charge in [0.25, 0.3) is 0 Å². The van der Waals surface area contributed by atoms with Crippen molar-refractivity contribution in [3.05, 3.63) is 0 Å². The van der Waals surface area contributed by atoms with Crippen LogP contribution < -0.4 is 0 Å². The van der Waals surface area contributed by atoms with Gasteiger partial charge >= 0.3 is 8.25 Å². The summed E-state index contributed by atoms with van der Waals surface area (Å²) in [6.07, 6.45) is 2.10. The molecule has 0 aromatic heterocycles. The van der Waals surface area contributed by atoms with Crippen molar-refractivity contribution in [2.45, 2.75) is 46.8 Å². The molecule has 0 aliphatic rings. The first-order valence-electron chi connectivity index (χ1n) is 5.71. The third kappa shape index (κ3) is 16.5. The van der Waals surface area contributed by atoms with Gasteiger partial charge < -0.3 is 18.9 Å². The zero-order chi connectivity index (χ0) is 12.8. The molecular weight excluding hydrogens is 231 g/mol. The highest BCUT2D eigenvalue weighted by Gasteiger charge is 2.08. The molecular formula is C10H25O5P. The first kappa shape index (κ1) is 18.4. The molecule has 16 heavy (non-hydrogen) atoms. The van der Waals surface area contributed by atoms with Crippen molar-refractivity contribution in [1.29, 1.82) is 0 Å². The maximum atomic E-state index is 10.2. The van der Waals surface area contributed by atoms with E-state index in [1.165, 1.54) is 12.8 Å². The molecule has 0 bridgehead atoms. The van der Waals surface area contributed by atoms with E-state index in [1.54, 1.807) is 0 Å². The van der Waals surface area contributed by atoms with Gasteiger partial charge in [-0.3, -0.25) is 4.57 Å². The fourth-order valence-corrected chi connectivity index (χ4v) is 0.934. The first-order chi connectivity index (χ1) is 7.62. The Morgan fingerprint density at radius 2 is 1.50 bits per heavy atom. The van der Waals surface area contributed by atoms with Gasteiger partial charge in [-0.2, -0.15) is 0 Å². The van der Waals surface area contributed by atoms with Crippen molar-refractivity contribution in [1.82, 2.24) is 0 Å². The molecule has 0 saturated heterocycles. The first-order valence-corrected chi connectivity index (χ1v) is 6.97. The average Bonchev–Trinajstić information content (AvgIpc) is 2.27. The van der Waals surface area contributed by atoms with Crippen molar-refractivity contribution < 1.29 is 23.5 Å². The van der Waals surface area contributed by atoms with E-state index in [0.717, 1.165) is 0 Å². The molecule has 0 heterocycles. The molecule has 0 radical (unpaired) electrons. The maximum Gasteiger partial charge on any atom is 0.316 e. The number of hydrogen-bond donors (Lipinski definition) is 1. The largest absolute Gasteiger partial charge is 0.351 e.